The van der Waals surface area contributed by atoms with Gasteiger partial charge in [0.2, 0.25) is 11.3 Å². The van der Waals surface area contributed by atoms with Crippen molar-refractivity contribution in [1.82, 2.24) is 4.57 Å². The second kappa shape index (κ2) is 9.54. The smallest absolute Gasteiger partial charge is 0.262 e. The number of amides is 2. The van der Waals surface area contributed by atoms with Gasteiger partial charge in [0.1, 0.15) is 0 Å². The van der Waals surface area contributed by atoms with Gasteiger partial charge in [-0.3, -0.25) is 14.4 Å². The molecule has 0 saturated carbocycles. The van der Waals surface area contributed by atoms with E-state index in [-0.39, 0.29) is 23.7 Å². The molecular weight excluding hydrogens is 350 g/mol. The van der Waals surface area contributed by atoms with Crippen molar-refractivity contribution in [1.29, 1.82) is 0 Å². The molecule has 1 aromatic heterocycles. The van der Waals surface area contributed by atoms with Crippen LogP contribution in [0, 0.1) is 6.92 Å². The molecule has 8 nitrogen and oxygen atoms in total. The van der Waals surface area contributed by atoms with Crippen LogP contribution in [0.1, 0.15) is 12.6 Å². The zero-order chi connectivity index (χ0) is 19.8. The number of benzene rings is 1. The molecule has 0 saturated heterocycles. The lowest BCUT2D eigenvalue weighted by Crippen LogP contribution is -2.24. The average Bonchev–Trinajstić information content (AvgIpc) is 2.62. The van der Waals surface area contributed by atoms with E-state index in [9.17, 15) is 14.4 Å². The number of ether oxygens (including phenoxy) is 2. The summed E-state index contributed by atoms with van der Waals surface area (Å²) in [5.74, 6) is -0.423. The fourth-order valence-corrected chi connectivity index (χ4v) is 2.44. The first-order valence-electron chi connectivity index (χ1n) is 8.40. The lowest BCUT2D eigenvalue weighted by atomic mass is 10.2. The molecule has 144 valence electrons. The van der Waals surface area contributed by atoms with E-state index >= 15 is 0 Å². The number of aromatic nitrogens is 1. The Morgan fingerprint density at radius 3 is 2.30 bits per heavy atom. The van der Waals surface area contributed by atoms with E-state index in [0.717, 1.165) is 0 Å². The highest BCUT2D eigenvalue weighted by atomic mass is 16.5. The summed E-state index contributed by atoms with van der Waals surface area (Å²) in [6.07, 6.45) is 1.67. The van der Waals surface area contributed by atoms with Gasteiger partial charge in [-0.2, -0.15) is 0 Å². The van der Waals surface area contributed by atoms with Crippen LogP contribution in [0.25, 0.3) is 0 Å². The van der Waals surface area contributed by atoms with Gasteiger partial charge in [-0.25, -0.2) is 0 Å². The minimum Gasteiger partial charge on any atom is -0.478 e. The quantitative estimate of drug-likeness (QED) is 0.735. The first-order valence-corrected chi connectivity index (χ1v) is 8.40. The van der Waals surface area contributed by atoms with E-state index in [1.807, 2.05) is 4.57 Å². The fourth-order valence-electron chi connectivity index (χ4n) is 2.44. The van der Waals surface area contributed by atoms with E-state index < -0.39 is 5.91 Å². The molecule has 2 N–H and O–H groups in total. The van der Waals surface area contributed by atoms with Crippen molar-refractivity contribution in [3.8, 4) is 5.75 Å². The van der Waals surface area contributed by atoms with Crippen molar-refractivity contribution < 1.29 is 19.1 Å². The molecule has 0 aliphatic carbocycles. The first-order chi connectivity index (χ1) is 12.9. The minimum atomic E-state index is -0.395. The van der Waals surface area contributed by atoms with Crippen molar-refractivity contribution in [2.24, 2.45) is 0 Å². The molecule has 2 amide bonds. The normalized spacial score (nSPS) is 10.3. The highest BCUT2D eigenvalue weighted by Gasteiger charge is 2.11. The van der Waals surface area contributed by atoms with Crippen molar-refractivity contribution in [3.05, 3.63) is 52.4 Å². The van der Waals surface area contributed by atoms with E-state index in [2.05, 4.69) is 10.6 Å². The summed E-state index contributed by atoms with van der Waals surface area (Å²) in [4.78, 5) is 35.1. The summed E-state index contributed by atoms with van der Waals surface area (Å²) < 4.78 is 12.3. The number of nitrogens with zero attached hydrogens (tertiary/aromatic N) is 1. The molecular formula is C19H23N3O5. The standard InChI is InChI=1S/C19H23N3O5/c1-13-19(17(24)8-9-22(13)10-11-26-3)27-12-18(25)21-16-6-4-15(5-7-16)20-14(2)23/h4-9H,10-12H2,1-3H3,(H,20,23)(H,21,25). The summed E-state index contributed by atoms with van der Waals surface area (Å²) in [7, 11) is 1.60. The topological polar surface area (TPSA) is 98.7 Å². The van der Waals surface area contributed by atoms with Crippen LogP contribution in [-0.4, -0.2) is 36.7 Å². The second-order valence-electron chi connectivity index (χ2n) is 5.88. The summed E-state index contributed by atoms with van der Waals surface area (Å²) in [5, 5.41) is 5.32. The van der Waals surface area contributed by atoms with E-state index in [1.54, 1.807) is 44.5 Å². The van der Waals surface area contributed by atoms with Gasteiger partial charge in [0.15, 0.2) is 12.4 Å². The van der Waals surface area contributed by atoms with E-state index in [4.69, 9.17) is 9.47 Å². The Balaban J connectivity index is 1.97. The predicted molar refractivity (Wildman–Crippen MR) is 102 cm³/mol. The monoisotopic (exact) mass is 373 g/mol. The Morgan fingerprint density at radius 1 is 1.07 bits per heavy atom. The minimum absolute atomic E-state index is 0.143. The maximum absolute atomic E-state index is 12.1. The molecule has 0 bridgehead atoms. The number of nitrogens with one attached hydrogen (secondary N) is 2. The molecule has 0 atom stereocenters. The third-order valence-electron chi connectivity index (χ3n) is 3.76. The Morgan fingerprint density at radius 2 is 1.70 bits per heavy atom. The zero-order valence-corrected chi connectivity index (χ0v) is 15.6. The van der Waals surface area contributed by atoms with Crippen LogP contribution in [-0.2, 0) is 20.9 Å². The van der Waals surface area contributed by atoms with Crippen LogP contribution in [0.2, 0.25) is 0 Å². The number of carbonyl (C=O) groups is 2. The summed E-state index contributed by atoms with van der Waals surface area (Å²) in [6, 6.07) is 8.07. The number of anilines is 2. The predicted octanol–water partition coefficient (Wildman–Crippen LogP) is 1.78. The lowest BCUT2D eigenvalue weighted by molar-refractivity contribution is -0.118. The highest BCUT2D eigenvalue weighted by Crippen LogP contribution is 2.14. The van der Waals surface area contributed by atoms with Gasteiger partial charge in [-0.05, 0) is 31.2 Å². The molecule has 2 rings (SSSR count). The van der Waals surface area contributed by atoms with Crippen LogP contribution in [0.3, 0.4) is 0 Å². The molecule has 0 aliphatic rings. The average molecular weight is 373 g/mol. The molecule has 0 aliphatic heterocycles. The Hall–Kier alpha value is -3.13. The third-order valence-corrected chi connectivity index (χ3v) is 3.76. The van der Waals surface area contributed by atoms with Gasteiger partial charge in [0, 0.05) is 44.2 Å². The van der Waals surface area contributed by atoms with Gasteiger partial charge in [0.25, 0.3) is 5.91 Å². The molecule has 0 spiro atoms. The van der Waals surface area contributed by atoms with Crippen LogP contribution < -0.4 is 20.8 Å². The Kier molecular flexibility index (Phi) is 7.13. The van der Waals surface area contributed by atoms with Gasteiger partial charge < -0.3 is 24.7 Å². The van der Waals surface area contributed by atoms with Crippen molar-refractivity contribution in [2.45, 2.75) is 20.4 Å². The SMILES string of the molecule is COCCn1ccc(=O)c(OCC(=O)Nc2ccc(NC(C)=O)cc2)c1C. The number of pyridine rings is 1. The lowest BCUT2D eigenvalue weighted by Gasteiger charge is -2.14. The van der Waals surface area contributed by atoms with Crippen molar-refractivity contribution in [2.75, 3.05) is 31.0 Å². The molecule has 27 heavy (non-hydrogen) atoms. The van der Waals surface area contributed by atoms with Crippen LogP contribution in [0.4, 0.5) is 11.4 Å². The molecule has 8 heteroatoms. The number of rotatable bonds is 8. The molecule has 1 aromatic carbocycles. The molecule has 0 unspecified atom stereocenters. The summed E-state index contributed by atoms with van der Waals surface area (Å²) in [6.45, 7) is 3.95. The van der Waals surface area contributed by atoms with Gasteiger partial charge in [-0.15, -0.1) is 0 Å². The van der Waals surface area contributed by atoms with Crippen molar-refractivity contribution >= 4 is 23.2 Å². The number of hydrogen-bond acceptors (Lipinski definition) is 5. The largest absolute Gasteiger partial charge is 0.478 e. The summed E-state index contributed by atoms with van der Waals surface area (Å²) >= 11 is 0. The molecule has 0 fully saturated rings. The number of methoxy groups -OCH3 is 1. The number of hydrogen-bond donors (Lipinski definition) is 2. The maximum atomic E-state index is 12.1. The van der Waals surface area contributed by atoms with Gasteiger partial charge in [0.05, 0.1) is 12.3 Å². The third kappa shape index (κ3) is 5.96. The molecule has 1 heterocycles. The zero-order valence-electron chi connectivity index (χ0n) is 15.6. The van der Waals surface area contributed by atoms with Crippen LogP contribution in [0.5, 0.6) is 5.75 Å². The Bertz CT molecular complexity index is 859. The number of carbonyl (C=O) groups excluding carboxylic acids is 2. The van der Waals surface area contributed by atoms with Crippen LogP contribution in [0.15, 0.2) is 41.3 Å². The first kappa shape index (κ1) is 20.2. The van der Waals surface area contributed by atoms with Crippen LogP contribution >= 0.6 is 0 Å². The van der Waals surface area contributed by atoms with E-state index in [0.29, 0.717) is 30.2 Å². The summed E-state index contributed by atoms with van der Waals surface area (Å²) in [5.41, 5.74) is 1.54. The highest BCUT2D eigenvalue weighted by molar-refractivity contribution is 5.93. The fraction of sp³-hybridized carbons (Fsp3) is 0.316. The molecule has 0 radical (unpaired) electrons. The second-order valence-corrected chi connectivity index (χ2v) is 5.88. The molecule has 2 aromatic rings. The van der Waals surface area contributed by atoms with Crippen molar-refractivity contribution in [3.63, 3.8) is 0 Å². The van der Waals surface area contributed by atoms with Gasteiger partial charge >= 0.3 is 0 Å². The van der Waals surface area contributed by atoms with Gasteiger partial charge in [-0.1, -0.05) is 0 Å². The van der Waals surface area contributed by atoms with E-state index in [1.165, 1.54) is 13.0 Å². The Labute approximate surface area is 157 Å². The maximum Gasteiger partial charge on any atom is 0.262 e.